The van der Waals surface area contributed by atoms with Crippen LogP contribution in [-0.2, 0) is 0 Å². The number of amides is 1. The molecule has 4 nitrogen and oxygen atoms in total. The van der Waals surface area contributed by atoms with E-state index in [4.69, 9.17) is 4.74 Å². The molecule has 0 aliphatic carbocycles. The lowest BCUT2D eigenvalue weighted by Gasteiger charge is -2.27. The summed E-state index contributed by atoms with van der Waals surface area (Å²) in [7, 11) is 2.18. The molecule has 2 aromatic carbocycles. The van der Waals surface area contributed by atoms with Crippen molar-refractivity contribution in [3.63, 3.8) is 0 Å². The molecule has 0 radical (unpaired) electrons. The lowest BCUT2D eigenvalue weighted by molar-refractivity contribution is 0.0772. The van der Waals surface area contributed by atoms with E-state index < -0.39 is 0 Å². The van der Waals surface area contributed by atoms with Gasteiger partial charge in [0, 0.05) is 35.8 Å². The average Bonchev–Trinajstić information content (AvgIpc) is 2.78. The zero-order valence-electron chi connectivity index (χ0n) is 18.9. The number of carbonyl (C=O) groups excluding carboxylic acids is 1. The summed E-state index contributed by atoms with van der Waals surface area (Å²) in [5.41, 5.74) is 4.03. The van der Waals surface area contributed by atoms with Crippen molar-refractivity contribution in [2.75, 3.05) is 26.7 Å². The van der Waals surface area contributed by atoms with E-state index in [-0.39, 0.29) is 5.91 Å². The smallest absolute Gasteiger partial charge is 0.253 e. The second-order valence-electron chi connectivity index (χ2n) is 7.78. The first-order valence-corrected chi connectivity index (χ1v) is 11.1. The average molecular weight is 407 g/mol. The van der Waals surface area contributed by atoms with Gasteiger partial charge in [-0.1, -0.05) is 38.1 Å². The molecule has 0 fully saturated rings. The van der Waals surface area contributed by atoms with Crippen LogP contribution in [0.3, 0.4) is 0 Å². The van der Waals surface area contributed by atoms with Crippen LogP contribution < -0.4 is 4.74 Å². The van der Waals surface area contributed by atoms with Crippen molar-refractivity contribution < 1.29 is 9.53 Å². The number of rotatable bonds is 8. The van der Waals surface area contributed by atoms with Crippen molar-refractivity contribution in [2.45, 2.75) is 46.6 Å². The van der Waals surface area contributed by atoms with Gasteiger partial charge in [0.2, 0.25) is 0 Å². The number of fused-ring (bicyclic) bond motifs is 2. The molecular weight excluding hydrogens is 372 g/mol. The zero-order chi connectivity index (χ0) is 21.7. The molecule has 1 heterocycles. The third-order valence-corrected chi connectivity index (χ3v) is 6.15. The summed E-state index contributed by atoms with van der Waals surface area (Å²) in [4.78, 5) is 17.1. The Morgan fingerprint density at radius 1 is 0.967 bits per heavy atom. The van der Waals surface area contributed by atoms with E-state index in [2.05, 4.69) is 44.0 Å². The molecule has 0 N–H and O–H groups in total. The van der Waals surface area contributed by atoms with E-state index in [1.165, 1.54) is 5.57 Å². The summed E-state index contributed by atoms with van der Waals surface area (Å²) in [5.74, 6) is 1.65. The molecule has 1 atom stereocenters. The summed E-state index contributed by atoms with van der Waals surface area (Å²) in [6.45, 7) is 10.9. The van der Waals surface area contributed by atoms with Gasteiger partial charge in [0.15, 0.2) is 0 Å². The fourth-order valence-corrected chi connectivity index (χ4v) is 4.09. The first-order chi connectivity index (χ1) is 14.5. The second-order valence-corrected chi connectivity index (χ2v) is 7.78. The zero-order valence-corrected chi connectivity index (χ0v) is 18.9. The van der Waals surface area contributed by atoms with E-state index in [1.807, 2.05) is 49.1 Å². The first kappa shape index (κ1) is 22.1. The van der Waals surface area contributed by atoms with Crippen LogP contribution in [0.1, 0.15) is 62.0 Å². The van der Waals surface area contributed by atoms with Gasteiger partial charge in [0.05, 0.1) is 0 Å². The molecule has 160 valence electrons. The highest BCUT2D eigenvalue weighted by Crippen LogP contribution is 2.44. The molecule has 0 saturated heterocycles. The molecule has 0 spiro atoms. The van der Waals surface area contributed by atoms with Crippen molar-refractivity contribution in [2.24, 2.45) is 0 Å². The number of para-hydroxylation sites is 1. The molecule has 2 aromatic rings. The molecule has 3 rings (SSSR count). The Kier molecular flexibility index (Phi) is 7.33. The van der Waals surface area contributed by atoms with E-state index in [0.717, 1.165) is 42.0 Å². The highest BCUT2D eigenvalue weighted by Gasteiger charge is 2.24. The molecule has 1 aliphatic heterocycles. The second kappa shape index (κ2) is 9.94. The molecular formula is C26H34N2O2. The lowest BCUT2D eigenvalue weighted by atomic mass is 9.91. The van der Waals surface area contributed by atoms with Gasteiger partial charge in [0.25, 0.3) is 5.91 Å². The molecule has 1 aliphatic rings. The van der Waals surface area contributed by atoms with Crippen molar-refractivity contribution in [3.8, 4) is 11.5 Å². The number of benzene rings is 2. The van der Waals surface area contributed by atoms with Crippen molar-refractivity contribution >= 4 is 11.5 Å². The number of nitrogens with zero attached hydrogens (tertiary/aromatic N) is 2. The topological polar surface area (TPSA) is 32.8 Å². The molecule has 0 saturated carbocycles. The Morgan fingerprint density at radius 2 is 1.67 bits per heavy atom. The molecule has 0 bridgehead atoms. The SMILES string of the molecule is CCC(C/C=C1\c2ccccc2Oc2cc(C(=O)N(CC)CC)ccc21)N(C)CC. The number of ether oxygens (including phenoxy) is 1. The minimum Gasteiger partial charge on any atom is -0.456 e. The van der Waals surface area contributed by atoms with Gasteiger partial charge >= 0.3 is 0 Å². The Labute approximate surface area is 181 Å². The maximum atomic E-state index is 12.8. The van der Waals surface area contributed by atoms with Gasteiger partial charge < -0.3 is 14.5 Å². The maximum Gasteiger partial charge on any atom is 0.253 e. The lowest BCUT2D eigenvalue weighted by Crippen LogP contribution is -2.30. The monoisotopic (exact) mass is 406 g/mol. The summed E-state index contributed by atoms with van der Waals surface area (Å²) in [6, 6.07) is 14.5. The third kappa shape index (κ3) is 4.44. The van der Waals surface area contributed by atoms with Crippen LogP contribution in [0.4, 0.5) is 0 Å². The minimum absolute atomic E-state index is 0.0476. The van der Waals surface area contributed by atoms with Gasteiger partial charge in [-0.25, -0.2) is 0 Å². The van der Waals surface area contributed by atoms with Crippen LogP contribution in [0.5, 0.6) is 11.5 Å². The highest BCUT2D eigenvalue weighted by molar-refractivity contribution is 5.96. The third-order valence-electron chi connectivity index (χ3n) is 6.15. The molecule has 1 unspecified atom stereocenters. The van der Waals surface area contributed by atoms with Crippen molar-refractivity contribution in [1.82, 2.24) is 9.80 Å². The van der Waals surface area contributed by atoms with Crippen molar-refractivity contribution in [1.29, 1.82) is 0 Å². The van der Waals surface area contributed by atoms with Gasteiger partial charge in [0.1, 0.15) is 11.5 Å². The van der Waals surface area contributed by atoms with E-state index >= 15 is 0 Å². The normalized spacial score (nSPS) is 14.8. The predicted molar refractivity (Wildman–Crippen MR) is 124 cm³/mol. The molecule has 1 amide bonds. The maximum absolute atomic E-state index is 12.8. The fourth-order valence-electron chi connectivity index (χ4n) is 4.09. The molecule has 30 heavy (non-hydrogen) atoms. The van der Waals surface area contributed by atoms with Crippen LogP contribution in [0.15, 0.2) is 48.5 Å². The molecule has 4 heteroatoms. The van der Waals surface area contributed by atoms with Crippen LogP contribution >= 0.6 is 0 Å². The minimum atomic E-state index is 0.0476. The molecule has 0 aromatic heterocycles. The van der Waals surface area contributed by atoms with Crippen LogP contribution in [0, 0.1) is 0 Å². The number of carbonyl (C=O) groups is 1. The Morgan fingerprint density at radius 3 is 2.33 bits per heavy atom. The largest absolute Gasteiger partial charge is 0.456 e. The fraction of sp³-hybridized carbons (Fsp3) is 0.423. The standard InChI is InChI=1S/C26H34N2O2/c1-6-20(27(5)7-2)15-17-21-22-12-10-11-13-24(22)30-25-18-19(14-16-23(21)25)26(29)28(8-3)9-4/h10-14,16-18,20H,6-9,15H2,1-5H3/b21-17+. The summed E-state index contributed by atoms with van der Waals surface area (Å²) in [6.07, 6.45) is 4.42. The first-order valence-electron chi connectivity index (χ1n) is 11.1. The summed E-state index contributed by atoms with van der Waals surface area (Å²) in [5, 5.41) is 0. The van der Waals surface area contributed by atoms with E-state index in [0.29, 0.717) is 24.7 Å². The number of hydrogen-bond acceptors (Lipinski definition) is 3. The Balaban J connectivity index is 2.01. The summed E-state index contributed by atoms with van der Waals surface area (Å²) < 4.78 is 6.23. The van der Waals surface area contributed by atoms with E-state index in [9.17, 15) is 4.79 Å². The van der Waals surface area contributed by atoms with Gasteiger partial charge in [-0.15, -0.1) is 0 Å². The van der Waals surface area contributed by atoms with Gasteiger partial charge in [-0.05, 0) is 70.1 Å². The predicted octanol–water partition coefficient (Wildman–Crippen LogP) is 5.83. The van der Waals surface area contributed by atoms with E-state index in [1.54, 1.807) is 0 Å². The van der Waals surface area contributed by atoms with Gasteiger partial charge in [-0.2, -0.15) is 0 Å². The van der Waals surface area contributed by atoms with Crippen LogP contribution in [0.25, 0.3) is 5.57 Å². The summed E-state index contributed by atoms with van der Waals surface area (Å²) >= 11 is 0. The Bertz CT molecular complexity index is 915. The van der Waals surface area contributed by atoms with Crippen molar-refractivity contribution in [3.05, 3.63) is 65.2 Å². The Hall–Kier alpha value is -2.59. The van der Waals surface area contributed by atoms with Gasteiger partial charge in [-0.3, -0.25) is 4.79 Å². The van der Waals surface area contributed by atoms with Crippen LogP contribution in [-0.4, -0.2) is 48.4 Å². The van der Waals surface area contributed by atoms with Crippen LogP contribution in [0.2, 0.25) is 0 Å². The quantitative estimate of drug-likeness (QED) is 0.472. The highest BCUT2D eigenvalue weighted by atomic mass is 16.5. The number of hydrogen-bond donors (Lipinski definition) is 0.